The Kier molecular flexibility index (Phi) is 8.83. The van der Waals surface area contributed by atoms with Crippen LogP contribution in [0.15, 0.2) is 30.3 Å². The van der Waals surface area contributed by atoms with Crippen molar-refractivity contribution in [3.8, 4) is 0 Å². The van der Waals surface area contributed by atoms with E-state index in [1.54, 1.807) is 56.0 Å². The van der Waals surface area contributed by atoms with E-state index in [1.165, 1.54) is 6.08 Å². The van der Waals surface area contributed by atoms with Gasteiger partial charge in [0.15, 0.2) is 0 Å². The summed E-state index contributed by atoms with van der Waals surface area (Å²) in [7, 11) is 0. The van der Waals surface area contributed by atoms with Crippen LogP contribution in [0.3, 0.4) is 0 Å². The van der Waals surface area contributed by atoms with Crippen molar-refractivity contribution >= 4 is 51.8 Å². The number of carbonyl (C=O) groups is 3. The molecule has 0 atom stereocenters. The van der Waals surface area contributed by atoms with Gasteiger partial charge in [0.05, 0.1) is 16.5 Å². The standard InChI is InChI=1S/C23H27ClN2O4S/c1-6-26(7-2)22(28)20-15(5)19(23(29)30-14(3)4)21(31-20)25-18(27)13-10-16-8-11-17(24)12-9-16/h8-14H,6-7H2,1-5H3,(H,25,27). The van der Waals surface area contributed by atoms with Crippen molar-refractivity contribution in [1.29, 1.82) is 0 Å². The fraction of sp³-hybridized carbons (Fsp3) is 0.348. The van der Waals surface area contributed by atoms with Gasteiger partial charge in [-0.05, 0) is 64.0 Å². The molecule has 166 valence electrons. The van der Waals surface area contributed by atoms with Crippen LogP contribution in [0.5, 0.6) is 0 Å². The number of esters is 1. The number of ether oxygens (including phenoxy) is 1. The Morgan fingerprint density at radius 1 is 1.16 bits per heavy atom. The molecule has 1 aromatic carbocycles. The number of amides is 2. The third kappa shape index (κ3) is 6.42. The zero-order chi connectivity index (χ0) is 23.1. The van der Waals surface area contributed by atoms with Crippen molar-refractivity contribution in [3.63, 3.8) is 0 Å². The molecule has 0 saturated heterocycles. The lowest BCUT2D eigenvalue weighted by Gasteiger charge is -2.18. The van der Waals surface area contributed by atoms with Crippen molar-refractivity contribution in [2.45, 2.75) is 40.7 Å². The number of rotatable bonds is 8. The molecule has 2 aromatic rings. The molecular formula is C23H27ClN2O4S. The summed E-state index contributed by atoms with van der Waals surface area (Å²) in [5.74, 6) is -1.17. The van der Waals surface area contributed by atoms with Crippen LogP contribution in [0.25, 0.3) is 6.08 Å². The second-order valence-corrected chi connectivity index (χ2v) is 8.52. The van der Waals surface area contributed by atoms with Crippen LogP contribution in [0.1, 0.15) is 58.9 Å². The van der Waals surface area contributed by atoms with Gasteiger partial charge in [0.25, 0.3) is 5.91 Å². The first kappa shape index (κ1) is 24.6. The van der Waals surface area contributed by atoms with Crippen LogP contribution >= 0.6 is 22.9 Å². The summed E-state index contributed by atoms with van der Waals surface area (Å²) >= 11 is 6.96. The van der Waals surface area contributed by atoms with E-state index < -0.39 is 11.9 Å². The third-order valence-electron chi connectivity index (χ3n) is 4.47. The van der Waals surface area contributed by atoms with Gasteiger partial charge in [-0.3, -0.25) is 9.59 Å². The number of nitrogens with one attached hydrogen (secondary N) is 1. The molecule has 0 saturated carbocycles. The van der Waals surface area contributed by atoms with E-state index in [-0.39, 0.29) is 17.6 Å². The lowest BCUT2D eigenvalue weighted by Crippen LogP contribution is -2.30. The van der Waals surface area contributed by atoms with Crippen LogP contribution < -0.4 is 5.32 Å². The number of halogens is 1. The molecule has 8 heteroatoms. The molecule has 0 aliphatic carbocycles. The predicted molar refractivity (Wildman–Crippen MR) is 126 cm³/mol. The van der Waals surface area contributed by atoms with Crippen molar-refractivity contribution in [1.82, 2.24) is 4.90 Å². The molecule has 1 N–H and O–H groups in total. The number of nitrogens with zero attached hydrogens (tertiary/aromatic N) is 1. The highest BCUT2D eigenvalue weighted by Crippen LogP contribution is 2.35. The lowest BCUT2D eigenvalue weighted by molar-refractivity contribution is -0.111. The summed E-state index contributed by atoms with van der Waals surface area (Å²) < 4.78 is 5.35. The molecule has 1 heterocycles. The van der Waals surface area contributed by atoms with E-state index in [0.717, 1.165) is 16.9 Å². The zero-order valence-electron chi connectivity index (χ0n) is 18.3. The quantitative estimate of drug-likeness (QED) is 0.420. The van der Waals surface area contributed by atoms with Gasteiger partial charge in [-0.25, -0.2) is 4.79 Å². The monoisotopic (exact) mass is 462 g/mol. The minimum atomic E-state index is -0.570. The molecule has 0 radical (unpaired) electrons. The third-order valence-corrected chi connectivity index (χ3v) is 5.92. The topological polar surface area (TPSA) is 75.7 Å². The van der Waals surface area contributed by atoms with Gasteiger partial charge in [0.1, 0.15) is 5.00 Å². The van der Waals surface area contributed by atoms with Gasteiger partial charge in [0, 0.05) is 24.2 Å². The Labute approximate surface area is 191 Å². The first-order chi connectivity index (χ1) is 14.7. The smallest absolute Gasteiger partial charge is 0.341 e. The summed E-state index contributed by atoms with van der Waals surface area (Å²) in [4.78, 5) is 40.2. The normalized spacial score (nSPS) is 11.1. The van der Waals surface area contributed by atoms with E-state index in [2.05, 4.69) is 5.32 Å². The van der Waals surface area contributed by atoms with Crippen LogP contribution in [0.4, 0.5) is 5.00 Å². The molecule has 0 aliphatic rings. The van der Waals surface area contributed by atoms with Crippen LogP contribution in [0, 0.1) is 6.92 Å². The Hall–Kier alpha value is -2.64. The van der Waals surface area contributed by atoms with E-state index in [1.807, 2.05) is 13.8 Å². The average Bonchev–Trinajstić information content (AvgIpc) is 3.03. The average molecular weight is 463 g/mol. The van der Waals surface area contributed by atoms with Gasteiger partial charge in [0.2, 0.25) is 5.91 Å². The molecule has 6 nitrogen and oxygen atoms in total. The van der Waals surface area contributed by atoms with Gasteiger partial charge < -0.3 is 15.0 Å². The van der Waals surface area contributed by atoms with Gasteiger partial charge in [-0.1, -0.05) is 23.7 Å². The molecule has 0 fully saturated rings. The Morgan fingerprint density at radius 2 is 1.77 bits per heavy atom. The molecule has 31 heavy (non-hydrogen) atoms. The summed E-state index contributed by atoms with van der Waals surface area (Å²) in [5.41, 5.74) is 1.52. The highest BCUT2D eigenvalue weighted by Gasteiger charge is 2.28. The summed E-state index contributed by atoms with van der Waals surface area (Å²) in [6, 6.07) is 7.03. The highest BCUT2D eigenvalue weighted by molar-refractivity contribution is 7.18. The number of thiophene rings is 1. The number of anilines is 1. The SMILES string of the molecule is CCN(CC)C(=O)c1sc(NC(=O)C=Cc2ccc(Cl)cc2)c(C(=O)OC(C)C)c1C. The molecule has 1 aromatic heterocycles. The first-order valence-corrected chi connectivity index (χ1v) is 11.3. The Morgan fingerprint density at radius 3 is 2.32 bits per heavy atom. The van der Waals surface area contributed by atoms with E-state index >= 15 is 0 Å². The highest BCUT2D eigenvalue weighted by atomic mass is 35.5. The summed E-state index contributed by atoms with van der Waals surface area (Å²) in [6.07, 6.45) is 2.67. The molecule has 2 amide bonds. The van der Waals surface area contributed by atoms with Crippen molar-refractivity contribution in [3.05, 3.63) is 56.9 Å². The van der Waals surface area contributed by atoms with Gasteiger partial charge >= 0.3 is 5.97 Å². The fourth-order valence-corrected chi connectivity index (χ4v) is 4.17. The largest absolute Gasteiger partial charge is 0.459 e. The second-order valence-electron chi connectivity index (χ2n) is 7.07. The molecule has 0 spiro atoms. The maximum Gasteiger partial charge on any atom is 0.341 e. The molecule has 0 aliphatic heterocycles. The van der Waals surface area contributed by atoms with Crippen molar-refractivity contribution < 1.29 is 19.1 Å². The predicted octanol–water partition coefficient (Wildman–Crippen LogP) is 5.41. The van der Waals surface area contributed by atoms with Gasteiger partial charge in [-0.15, -0.1) is 11.3 Å². The maximum absolute atomic E-state index is 12.9. The first-order valence-electron chi connectivity index (χ1n) is 10.1. The van der Waals surface area contributed by atoms with Crippen LogP contribution in [-0.4, -0.2) is 41.9 Å². The minimum Gasteiger partial charge on any atom is -0.459 e. The summed E-state index contributed by atoms with van der Waals surface area (Å²) in [5, 5.41) is 3.63. The Bertz CT molecular complexity index is 976. The van der Waals surface area contributed by atoms with Crippen molar-refractivity contribution in [2.75, 3.05) is 18.4 Å². The zero-order valence-corrected chi connectivity index (χ0v) is 19.9. The number of carbonyl (C=O) groups excluding carboxylic acids is 3. The Balaban J connectivity index is 2.36. The van der Waals surface area contributed by atoms with Crippen LogP contribution in [0.2, 0.25) is 5.02 Å². The van der Waals surface area contributed by atoms with E-state index in [0.29, 0.717) is 33.6 Å². The lowest BCUT2D eigenvalue weighted by atomic mass is 10.1. The number of benzene rings is 1. The minimum absolute atomic E-state index is 0.177. The second kappa shape index (κ2) is 11.1. The number of hydrogen-bond donors (Lipinski definition) is 1. The number of hydrogen-bond acceptors (Lipinski definition) is 5. The fourth-order valence-electron chi connectivity index (χ4n) is 2.88. The van der Waals surface area contributed by atoms with Crippen molar-refractivity contribution in [2.24, 2.45) is 0 Å². The van der Waals surface area contributed by atoms with E-state index in [9.17, 15) is 14.4 Å². The molecule has 2 rings (SSSR count). The maximum atomic E-state index is 12.9. The molecular weight excluding hydrogens is 436 g/mol. The molecule has 0 unspecified atom stereocenters. The van der Waals surface area contributed by atoms with E-state index in [4.69, 9.17) is 16.3 Å². The summed E-state index contributed by atoms with van der Waals surface area (Å²) in [6.45, 7) is 10.1. The van der Waals surface area contributed by atoms with Crippen LogP contribution in [-0.2, 0) is 9.53 Å². The van der Waals surface area contributed by atoms with Gasteiger partial charge in [-0.2, -0.15) is 0 Å². The molecule has 0 bridgehead atoms.